The Labute approximate surface area is 113 Å². The molecule has 1 aromatic heterocycles. The van der Waals surface area contributed by atoms with Gasteiger partial charge in [-0.1, -0.05) is 18.2 Å². The van der Waals surface area contributed by atoms with Crippen LogP contribution in [0.5, 0.6) is 5.75 Å². The Morgan fingerprint density at radius 1 is 1.37 bits per heavy atom. The summed E-state index contributed by atoms with van der Waals surface area (Å²) in [6.07, 6.45) is 5.64. The molecule has 2 rings (SSSR count). The Kier molecular flexibility index (Phi) is 4.58. The molecule has 0 aliphatic rings. The van der Waals surface area contributed by atoms with Crippen LogP contribution in [0.4, 0.5) is 0 Å². The standard InChI is InChI=1S/C15H20N2O2/c1-17-11-12(10-16-17)7-8-14(18)9-13-5-3-4-6-15(13)19-2/h3-6,10-11,14,18H,7-9H2,1-2H3. The molecule has 0 amide bonds. The first-order valence-electron chi connectivity index (χ1n) is 6.46. The van der Waals surface area contributed by atoms with Crippen LogP contribution in [0.2, 0.25) is 0 Å². The van der Waals surface area contributed by atoms with E-state index in [9.17, 15) is 5.11 Å². The third kappa shape index (κ3) is 3.83. The van der Waals surface area contributed by atoms with Crippen LogP contribution in [0.15, 0.2) is 36.7 Å². The van der Waals surface area contributed by atoms with Crippen molar-refractivity contribution >= 4 is 0 Å². The molecule has 19 heavy (non-hydrogen) atoms. The Bertz CT molecular complexity index is 522. The van der Waals surface area contributed by atoms with Gasteiger partial charge < -0.3 is 9.84 Å². The molecule has 0 bridgehead atoms. The molecule has 0 aliphatic heterocycles. The van der Waals surface area contributed by atoms with Gasteiger partial charge in [0.1, 0.15) is 5.75 Å². The second-order valence-electron chi connectivity index (χ2n) is 4.73. The Balaban J connectivity index is 1.88. The quantitative estimate of drug-likeness (QED) is 0.863. The predicted octanol–water partition coefficient (Wildman–Crippen LogP) is 1.96. The van der Waals surface area contributed by atoms with E-state index in [-0.39, 0.29) is 6.10 Å². The van der Waals surface area contributed by atoms with E-state index in [4.69, 9.17) is 4.74 Å². The summed E-state index contributed by atoms with van der Waals surface area (Å²) < 4.78 is 7.07. The molecule has 0 radical (unpaired) electrons. The lowest BCUT2D eigenvalue weighted by atomic mass is 10.0. The van der Waals surface area contributed by atoms with Gasteiger partial charge in [0.25, 0.3) is 0 Å². The van der Waals surface area contributed by atoms with E-state index < -0.39 is 0 Å². The minimum Gasteiger partial charge on any atom is -0.496 e. The average Bonchev–Trinajstić information content (AvgIpc) is 2.83. The number of nitrogens with zero attached hydrogens (tertiary/aromatic N) is 2. The van der Waals surface area contributed by atoms with Crippen LogP contribution in [0.25, 0.3) is 0 Å². The smallest absolute Gasteiger partial charge is 0.122 e. The highest BCUT2D eigenvalue weighted by molar-refractivity contribution is 5.33. The van der Waals surface area contributed by atoms with E-state index in [0.717, 1.165) is 29.7 Å². The fraction of sp³-hybridized carbons (Fsp3) is 0.400. The van der Waals surface area contributed by atoms with Crippen molar-refractivity contribution in [1.29, 1.82) is 0 Å². The van der Waals surface area contributed by atoms with Gasteiger partial charge in [0.2, 0.25) is 0 Å². The van der Waals surface area contributed by atoms with Crippen LogP contribution in [0.1, 0.15) is 17.5 Å². The molecule has 1 heterocycles. The first-order valence-corrected chi connectivity index (χ1v) is 6.46. The molecule has 0 saturated carbocycles. The van der Waals surface area contributed by atoms with E-state index in [1.54, 1.807) is 11.8 Å². The summed E-state index contributed by atoms with van der Waals surface area (Å²) in [5.74, 6) is 0.836. The van der Waals surface area contributed by atoms with Crippen molar-refractivity contribution in [3.8, 4) is 5.75 Å². The van der Waals surface area contributed by atoms with E-state index in [1.807, 2.05) is 43.7 Å². The van der Waals surface area contributed by atoms with Crippen molar-refractivity contribution < 1.29 is 9.84 Å². The molecule has 1 atom stereocenters. The van der Waals surface area contributed by atoms with Crippen molar-refractivity contribution in [2.75, 3.05) is 7.11 Å². The molecule has 0 saturated heterocycles. The lowest BCUT2D eigenvalue weighted by Gasteiger charge is -2.12. The minimum absolute atomic E-state index is 0.364. The minimum atomic E-state index is -0.364. The number of benzene rings is 1. The summed E-state index contributed by atoms with van der Waals surface area (Å²) in [6.45, 7) is 0. The van der Waals surface area contributed by atoms with Crippen LogP contribution >= 0.6 is 0 Å². The maximum atomic E-state index is 10.1. The molecular weight excluding hydrogens is 240 g/mol. The number of aliphatic hydroxyl groups is 1. The number of methoxy groups -OCH3 is 1. The first kappa shape index (κ1) is 13.6. The van der Waals surface area contributed by atoms with Crippen LogP contribution < -0.4 is 4.74 Å². The zero-order valence-corrected chi connectivity index (χ0v) is 11.4. The van der Waals surface area contributed by atoms with E-state index in [2.05, 4.69) is 5.10 Å². The molecular formula is C15H20N2O2. The second kappa shape index (κ2) is 6.38. The fourth-order valence-electron chi connectivity index (χ4n) is 2.16. The SMILES string of the molecule is COc1ccccc1CC(O)CCc1cnn(C)c1. The summed E-state index contributed by atoms with van der Waals surface area (Å²) in [4.78, 5) is 0. The number of aromatic nitrogens is 2. The summed E-state index contributed by atoms with van der Waals surface area (Å²) >= 11 is 0. The molecule has 0 spiro atoms. The van der Waals surface area contributed by atoms with Crippen LogP contribution in [-0.2, 0) is 19.9 Å². The monoisotopic (exact) mass is 260 g/mol. The Morgan fingerprint density at radius 3 is 2.84 bits per heavy atom. The van der Waals surface area contributed by atoms with Crippen molar-refractivity contribution in [1.82, 2.24) is 9.78 Å². The number of ether oxygens (including phenoxy) is 1. The highest BCUT2D eigenvalue weighted by Crippen LogP contribution is 2.20. The molecule has 0 fully saturated rings. The van der Waals surface area contributed by atoms with Gasteiger partial charge >= 0.3 is 0 Å². The predicted molar refractivity (Wildman–Crippen MR) is 74.2 cm³/mol. The molecule has 102 valence electrons. The number of hydrogen-bond acceptors (Lipinski definition) is 3. The average molecular weight is 260 g/mol. The van der Waals surface area contributed by atoms with Gasteiger partial charge in [0.05, 0.1) is 19.4 Å². The Morgan fingerprint density at radius 2 is 2.16 bits per heavy atom. The van der Waals surface area contributed by atoms with Crippen LogP contribution in [-0.4, -0.2) is 28.1 Å². The van der Waals surface area contributed by atoms with Crippen LogP contribution in [0, 0.1) is 0 Å². The number of hydrogen-bond donors (Lipinski definition) is 1. The highest BCUT2D eigenvalue weighted by atomic mass is 16.5. The molecule has 1 N–H and O–H groups in total. The van der Waals surface area contributed by atoms with Crippen LogP contribution in [0.3, 0.4) is 0 Å². The molecule has 2 aromatic rings. The van der Waals surface area contributed by atoms with E-state index >= 15 is 0 Å². The molecule has 4 nitrogen and oxygen atoms in total. The van der Waals surface area contributed by atoms with Gasteiger partial charge in [-0.2, -0.15) is 5.10 Å². The topological polar surface area (TPSA) is 47.3 Å². The second-order valence-corrected chi connectivity index (χ2v) is 4.73. The molecule has 1 unspecified atom stereocenters. The third-order valence-electron chi connectivity index (χ3n) is 3.17. The summed E-state index contributed by atoms with van der Waals surface area (Å²) in [5, 5.41) is 14.2. The zero-order valence-electron chi connectivity index (χ0n) is 11.4. The summed E-state index contributed by atoms with van der Waals surface area (Å²) in [6, 6.07) is 7.81. The normalized spacial score (nSPS) is 12.4. The summed E-state index contributed by atoms with van der Waals surface area (Å²) in [5.41, 5.74) is 2.20. The largest absolute Gasteiger partial charge is 0.496 e. The Hall–Kier alpha value is -1.81. The van der Waals surface area contributed by atoms with Gasteiger partial charge in [0.15, 0.2) is 0 Å². The number of aryl methyl sites for hydroxylation is 2. The van der Waals surface area contributed by atoms with Gasteiger partial charge in [-0.05, 0) is 30.0 Å². The van der Waals surface area contributed by atoms with Gasteiger partial charge in [-0.3, -0.25) is 4.68 Å². The molecule has 1 aromatic carbocycles. The lowest BCUT2D eigenvalue weighted by Crippen LogP contribution is -2.12. The molecule has 0 aliphatic carbocycles. The number of aliphatic hydroxyl groups excluding tert-OH is 1. The highest BCUT2D eigenvalue weighted by Gasteiger charge is 2.10. The van der Waals surface area contributed by atoms with Gasteiger partial charge in [-0.15, -0.1) is 0 Å². The zero-order chi connectivity index (χ0) is 13.7. The van der Waals surface area contributed by atoms with Gasteiger partial charge in [-0.25, -0.2) is 0 Å². The van der Waals surface area contributed by atoms with E-state index in [0.29, 0.717) is 6.42 Å². The lowest BCUT2D eigenvalue weighted by molar-refractivity contribution is 0.164. The van der Waals surface area contributed by atoms with Crippen molar-refractivity contribution in [3.05, 3.63) is 47.8 Å². The van der Waals surface area contributed by atoms with Crippen molar-refractivity contribution in [3.63, 3.8) is 0 Å². The summed E-state index contributed by atoms with van der Waals surface area (Å²) in [7, 11) is 3.55. The first-order chi connectivity index (χ1) is 9.19. The third-order valence-corrected chi connectivity index (χ3v) is 3.17. The fourth-order valence-corrected chi connectivity index (χ4v) is 2.16. The number of rotatable bonds is 6. The van der Waals surface area contributed by atoms with Crippen molar-refractivity contribution in [2.24, 2.45) is 7.05 Å². The van der Waals surface area contributed by atoms with Crippen molar-refractivity contribution in [2.45, 2.75) is 25.4 Å². The maximum absolute atomic E-state index is 10.1. The van der Waals surface area contributed by atoms with Gasteiger partial charge in [0, 0.05) is 19.7 Å². The van der Waals surface area contributed by atoms with E-state index in [1.165, 1.54) is 0 Å². The number of para-hydroxylation sites is 1. The molecule has 4 heteroatoms. The maximum Gasteiger partial charge on any atom is 0.122 e.